The van der Waals surface area contributed by atoms with Crippen molar-refractivity contribution in [1.82, 2.24) is 24.7 Å². The van der Waals surface area contributed by atoms with Gasteiger partial charge < -0.3 is 14.7 Å². The van der Waals surface area contributed by atoms with Gasteiger partial charge in [-0.05, 0) is 12.3 Å². The Hall–Kier alpha value is -1.68. The lowest BCUT2D eigenvalue weighted by molar-refractivity contribution is 0.101. The van der Waals surface area contributed by atoms with Gasteiger partial charge in [-0.2, -0.15) is 9.29 Å². The van der Waals surface area contributed by atoms with E-state index in [2.05, 4.69) is 29.3 Å². The van der Waals surface area contributed by atoms with Crippen molar-refractivity contribution in [2.45, 2.75) is 39.7 Å². The molecule has 1 fully saturated rings. The van der Waals surface area contributed by atoms with Crippen molar-refractivity contribution >= 4 is 16.1 Å². The second-order valence-corrected chi connectivity index (χ2v) is 8.76. The SMILES string of the molecule is Cc1nc(CCN(C2CN(C(=O)NCCC(C)C)C2)S(C)(=O)=O)no1. The summed E-state index contributed by atoms with van der Waals surface area (Å²) in [5.41, 5.74) is 0. The number of sulfonamides is 1. The number of rotatable bonds is 8. The van der Waals surface area contributed by atoms with Gasteiger partial charge in [0.15, 0.2) is 5.82 Å². The summed E-state index contributed by atoms with van der Waals surface area (Å²) >= 11 is 0. The molecule has 1 N–H and O–H groups in total. The predicted molar refractivity (Wildman–Crippen MR) is 92.5 cm³/mol. The molecule has 0 unspecified atom stereocenters. The van der Waals surface area contributed by atoms with Gasteiger partial charge in [-0.1, -0.05) is 19.0 Å². The molecule has 10 heteroatoms. The average molecular weight is 373 g/mol. The summed E-state index contributed by atoms with van der Waals surface area (Å²) in [5, 5.41) is 6.64. The molecule has 0 spiro atoms. The zero-order valence-electron chi connectivity index (χ0n) is 15.2. The number of likely N-dealkylation sites (tertiary alicyclic amines) is 1. The summed E-state index contributed by atoms with van der Waals surface area (Å²) in [6.45, 7) is 7.57. The van der Waals surface area contributed by atoms with E-state index in [0.29, 0.717) is 43.7 Å². The van der Waals surface area contributed by atoms with Crippen molar-refractivity contribution in [3.05, 3.63) is 11.7 Å². The molecule has 1 aliphatic heterocycles. The normalized spacial score (nSPS) is 15.7. The first-order chi connectivity index (χ1) is 11.7. The molecule has 1 aromatic rings. The van der Waals surface area contributed by atoms with Gasteiger partial charge in [-0.15, -0.1) is 0 Å². The lowest BCUT2D eigenvalue weighted by Gasteiger charge is -2.44. The minimum absolute atomic E-state index is 0.140. The Morgan fingerprint density at radius 1 is 1.44 bits per heavy atom. The first-order valence-corrected chi connectivity index (χ1v) is 10.3. The smallest absolute Gasteiger partial charge is 0.317 e. The first-order valence-electron chi connectivity index (χ1n) is 8.45. The van der Waals surface area contributed by atoms with Gasteiger partial charge in [-0.3, -0.25) is 0 Å². The molecule has 0 bridgehead atoms. The molecular weight excluding hydrogens is 346 g/mol. The number of aryl methyl sites for hydroxylation is 1. The third kappa shape index (κ3) is 5.67. The minimum atomic E-state index is -3.38. The van der Waals surface area contributed by atoms with Crippen LogP contribution in [0.2, 0.25) is 0 Å². The van der Waals surface area contributed by atoms with Crippen molar-refractivity contribution in [2.24, 2.45) is 5.92 Å². The number of carbonyl (C=O) groups excluding carboxylic acids is 1. The predicted octanol–water partition coefficient (Wildman–Crippen LogP) is 0.622. The summed E-state index contributed by atoms with van der Waals surface area (Å²) in [5.74, 6) is 1.46. The van der Waals surface area contributed by atoms with E-state index in [-0.39, 0.29) is 18.6 Å². The number of hydrogen-bond acceptors (Lipinski definition) is 6. The maximum absolute atomic E-state index is 12.1. The van der Waals surface area contributed by atoms with E-state index in [1.54, 1.807) is 11.8 Å². The third-order valence-electron chi connectivity index (χ3n) is 4.11. The van der Waals surface area contributed by atoms with Gasteiger partial charge >= 0.3 is 6.03 Å². The van der Waals surface area contributed by atoms with E-state index in [4.69, 9.17) is 4.52 Å². The van der Waals surface area contributed by atoms with Gasteiger partial charge in [0.05, 0.1) is 12.3 Å². The second-order valence-electron chi connectivity index (χ2n) is 6.83. The quantitative estimate of drug-likeness (QED) is 0.716. The van der Waals surface area contributed by atoms with Gasteiger partial charge in [-0.25, -0.2) is 13.2 Å². The van der Waals surface area contributed by atoms with Crippen LogP contribution in [0.15, 0.2) is 4.52 Å². The summed E-state index contributed by atoms with van der Waals surface area (Å²) < 4.78 is 30.4. The van der Waals surface area contributed by atoms with Gasteiger partial charge in [0.1, 0.15) is 0 Å². The van der Waals surface area contributed by atoms with E-state index < -0.39 is 10.0 Å². The Labute approximate surface area is 148 Å². The fourth-order valence-electron chi connectivity index (χ4n) is 2.66. The number of nitrogens with zero attached hydrogens (tertiary/aromatic N) is 4. The standard InChI is InChI=1S/C15H27N5O4S/c1-11(2)5-7-16-15(21)19-9-13(10-19)20(25(4,22)23)8-6-14-17-12(3)24-18-14/h11,13H,5-10H2,1-4H3,(H,16,21). The van der Waals surface area contributed by atoms with Crippen LogP contribution in [-0.4, -0.2) is 72.3 Å². The van der Waals surface area contributed by atoms with Crippen molar-refractivity contribution in [3.63, 3.8) is 0 Å². The zero-order chi connectivity index (χ0) is 18.6. The van der Waals surface area contributed by atoms with Crippen LogP contribution < -0.4 is 5.32 Å². The number of carbonyl (C=O) groups is 1. The summed E-state index contributed by atoms with van der Waals surface area (Å²) in [6.07, 6.45) is 2.48. The topological polar surface area (TPSA) is 109 Å². The summed E-state index contributed by atoms with van der Waals surface area (Å²) in [7, 11) is -3.38. The minimum Gasteiger partial charge on any atom is -0.340 e. The molecule has 2 amide bonds. The highest BCUT2D eigenvalue weighted by Crippen LogP contribution is 2.18. The molecule has 2 rings (SSSR count). The highest BCUT2D eigenvalue weighted by Gasteiger charge is 2.38. The van der Waals surface area contributed by atoms with Crippen molar-refractivity contribution in [3.8, 4) is 0 Å². The lowest BCUT2D eigenvalue weighted by Crippen LogP contribution is -2.64. The van der Waals surface area contributed by atoms with Crippen LogP contribution in [0.1, 0.15) is 32.0 Å². The average Bonchev–Trinajstić information content (AvgIpc) is 2.84. The van der Waals surface area contributed by atoms with Crippen molar-refractivity contribution in [2.75, 3.05) is 32.4 Å². The van der Waals surface area contributed by atoms with Crippen LogP contribution in [0.5, 0.6) is 0 Å². The fourth-order valence-corrected chi connectivity index (χ4v) is 3.75. The van der Waals surface area contributed by atoms with Crippen LogP contribution in [0.25, 0.3) is 0 Å². The Bertz CT molecular complexity index is 682. The van der Waals surface area contributed by atoms with Crippen LogP contribution in [0.3, 0.4) is 0 Å². The van der Waals surface area contributed by atoms with E-state index in [9.17, 15) is 13.2 Å². The Morgan fingerprint density at radius 3 is 2.64 bits per heavy atom. The number of amides is 2. The van der Waals surface area contributed by atoms with E-state index in [1.807, 2.05) is 0 Å². The molecule has 0 aromatic carbocycles. The number of aromatic nitrogens is 2. The monoisotopic (exact) mass is 373 g/mol. The van der Waals surface area contributed by atoms with Crippen molar-refractivity contribution in [1.29, 1.82) is 0 Å². The highest BCUT2D eigenvalue weighted by atomic mass is 32.2. The molecule has 0 aliphatic carbocycles. The van der Waals surface area contributed by atoms with E-state index in [1.165, 1.54) is 10.6 Å². The van der Waals surface area contributed by atoms with E-state index in [0.717, 1.165) is 6.42 Å². The fraction of sp³-hybridized carbons (Fsp3) is 0.800. The zero-order valence-corrected chi connectivity index (χ0v) is 16.0. The van der Waals surface area contributed by atoms with Gasteiger partial charge in [0.25, 0.3) is 0 Å². The molecule has 0 atom stereocenters. The second kappa shape index (κ2) is 8.13. The number of urea groups is 1. The number of hydrogen-bond donors (Lipinski definition) is 1. The van der Waals surface area contributed by atoms with Gasteiger partial charge in [0.2, 0.25) is 15.9 Å². The molecule has 25 heavy (non-hydrogen) atoms. The molecular formula is C15H27N5O4S. The van der Waals surface area contributed by atoms with Gasteiger partial charge in [0, 0.05) is 39.5 Å². The summed E-state index contributed by atoms with van der Waals surface area (Å²) in [6, 6.07) is -0.349. The maximum Gasteiger partial charge on any atom is 0.317 e. The molecule has 1 aromatic heterocycles. The van der Waals surface area contributed by atoms with Crippen LogP contribution >= 0.6 is 0 Å². The molecule has 2 heterocycles. The van der Waals surface area contributed by atoms with Crippen LogP contribution in [0, 0.1) is 12.8 Å². The maximum atomic E-state index is 12.1. The summed E-state index contributed by atoms with van der Waals surface area (Å²) in [4.78, 5) is 17.7. The van der Waals surface area contributed by atoms with Crippen LogP contribution in [-0.2, 0) is 16.4 Å². The molecule has 1 saturated heterocycles. The first kappa shape index (κ1) is 19.6. The molecule has 142 valence electrons. The molecule has 0 radical (unpaired) electrons. The molecule has 1 aliphatic rings. The van der Waals surface area contributed by atoms with E-state index >= 15 is 0 Å². The largest absolute Gasteiger partial charge is 0.340 e. The number of nitrogens with one attached hydrogen (secondary N) is 1. The van der Waals surface area contributed by atoms with Crippen molar-refractivity contribution < 1.29 is 17.7 Å². The Balaban J connectivity index is 1.84. The highest BCUT2D eigenvalue weighted by molar-refractivity contribution is 7.88. The third-order valence-corrected chi connectivity index (χ3v) is 5.44. The molecule has 0 saturated carbocycles. The Kier molecular flexibility index (Phi) is 6.39. The van der Waals surface area contributed by atoms with Crippen LogP contribution in [0.4, 0.5) is 4.79 Å². The molecule has 9 nitrogen and oxygen atoms in total. The lowest BCUT2D eigenvalue weighted by atomic mass is 10.1. The Morgan fingerprint density at radius 2 is 2.12 bits per heavy atom.